The molecule has 0 bridgehead atoms. The van der Waals surface area contributed by atoms with E-state index >= 15 is 0 Å². The van der Waals surface area contributed by atoms with Crippen molar-refractivity contribution in [2.24, 2.45) is 0 Å². The molecule has 0 saturated heterocycles. The average Bonchev–Trinajstić information content (AvgIpc) is 2.01. The molecule has 0 aromatic carbocycles. The zero-order valence-electron chi connectivity index (χ0n) is 6.24. The van der Waals surface area contributed by atoms with E-state index in [9.17, 15) is 26.3 Å². The SMILES string of the molecule is FC(F)(F)c1cn[c]nc1C(F)(F)F. The van der Waals surface area contributed by atoms with Gasteiger partial charge in [0.25, 0.3) is 0 Å². The number of hydrogen-bond acceptors (Lipinski definition) is 2. The Morgan fingerprint density at radius 3 is 1.93 bits per heavy atom. The summed E-state index contributed by atoms with van der Waals surface area (Å²) in [4.78, 5) is 5.20. The standard InChI is InChI=1S/C6HF6N2/c7-5(8,9)3-1-13-2-14-4(3)6(10,11)12/h1H. The van der Waals surface area contributed by atoms with Crippen LogP contribution < -0.4 is 0 Å². The van der Waals surface area contributed by atoms with Crippen LogP contribution in [0.1, 0.15) is 11.3 Å². The highest BCUT2D eigenvalue weighted by Crippen LogP contribution is 2.37. The molecule has 14 heavy (non-hydrogen) atoms. The summed E-state index contributed by atoms with van der Waals surface area (Å²) in [6.07, 6.45) is -8.79. The Hall–Kier alpha value is -1.34. The van der Waals surface area contributed by atoms with Gasteiger partial charge in [0.1, 0.15) is 5.56 Å². The molecule has 0 N–H and O–H groups in total. The quantitative estimate of drug-likeness (QED) is 0.620. The molecule has 0 saturated carbocycles. The van der Waals surface area contributed by atoms with Gasteiger partial charge in [0.15, 0.2) is 12.0 Å². The highest BCUT2D eigenvalue weighted by Gasteiger charge is 2.44. The average molecular weight is 215 g/mol. The minimum absolute atomic E-state index is 0.0375. The lowest BCUT2D eigenvalue weighted by Crippen LogP contribution is -2.18. The van der Waals surface area contributed by atoms with Crippen LogP contribution in [-0.4, -0.2) is 9.97 Å². The Bertz CT molecular complexity index is 295. The van der Waals surface area contributed by atoms with Crippen molar-refractivity contribution < 1.29 is 26.3 Å². The largest absolute Gasteiger partial charge is 0.434 e. The first-order valence-electron chi connectivity index (χ1n) is 3.10. The van der Waals surface area contributed by atoms with Crippen LogP contribution in [0.5, 0.6) is 0 Å². The van der Waals surface area contributed by atoms with Gasteiger partial charge < -0.3 is 0 Å². The molecule has 0 spiro atoms. The van der Waals surface area contributed by atoms with Crippen LogP contribution in [0.15, 0.2) is 6.20 Å². The summed E-state index contributed by atoms with van der Waals surface area (Å²) in [6.45, 7) is 0. The van der Waals surface area contributed by atoms with Gasteiger partial charge in [0.2, 0.25) is 0 Å². The van der Waals surface area contributed by atoms with Gasteiger partial charge in [0.05, 0.1) is 0 Å². The van der Waals surface area contributed by atoms with E-state index in [1.165, 1.54) is 6.33 Å². The van der Waals surface area contributed by atoms with Gasteiger partial charge in [-0.15, -0.1) is 0 Å². The van der Waals surface area contributed by atoms with Gasteiger partial charge in [0, 0.05) is 6.20 Å². The molecular formula is C6HF6N2. The zero-order chi connectivity index (χ0) is 11.0. The number of rotatable bonds is 0. The zero-order valence-corrected chi connectivity index (χ0v) is 6.24. The molecule has 2 nitrogen and oxygen atoms in total. The lowest BCUT2D eigenvalue weighted by Gasteiger charge is -2.12. The molecular weight excluding hydrogens is 214 g/mol. The number of hydrogen-bond donors (Lipinski definition) is 0. The summed E-state index contributed by atoms with van der Waals surface area (Å²) in [5, 5.41) is 0. The molecule has 0 aliphatic heterocycles. The minimum Gasteiger partial charge on any atom is -0.233 e. The Morgan fingerprint density at radius 1 is 1.00 bits per heavy atom. The molecule has 0 fully saturated rings. The Balaban J connectivity index is 3.31. The third kappa shape index (κ3) is 2.12. The molecule has 0 amide bonds. The molecule has 1 aromatic heterocycles. The summed E-state index contributed by atoms with van der Waals surface area (Å²) >= 11 is 0. The van der Waals surface area contributed by atoms with Crippen molar-refractivity contribution in [3.63, 3.8) is 0 Å². The minimum atomic E-state index is -5.16. The summed E-state index contributed by atoms with van der Waals surface area (Å²) in [5.74, 6) is 0. The number of aromatic nitrogens is 2. The monoisotopic (exact) mass is 215 g/mol. The first-order chi connectivity index (χ1) is 6.23. The maximum atomic E-state index is 12.0. The fourth-order valence-electron chi connectivity index (χ4n) is 0.717. The molecule has 1 aromatic rings. The second-order valence-electron chi connectivity index (χ2n) is 2.23. The third-order valence-corrected chi connectivity index (χ3v) is 1.24. The molecule has 1 heterocycles. The van der Waals surface area contributed by atoms with Gasteiger partial charge in [-0.25, -0.2) is 9.97 Å². The maximum Gasteiger partial charge on any atom is 0.434 e. The molecule has 8 heteroatoms. The maximum absolute atomic E-state index is 12.0. The van der Waals surface area contributed by atoms with Crippen LogP contribution in [0.2, 0.25) is 0 Å². The third-order valence-electron chi connectivity index (χ3n) is 1.24. The van der Waals surface area contributed by atoms with Crippen molar-refractivity contribution in [3.05, 3.63) is 23.8 Å². The normalized spacial score (nSPS) is 13.0. The predicted molar refractivity (Wildman–Crippen MR) is 30.9 cm³/mol. The molecule has 1 rings (SSSR count). The van der Waals surface area contributed by atoms with Gasteiger partial charge in [-0.2, -0.15) is 26.3 Å². The number of halogens is 6. The van der Waals surface area contributed by atoms with Crippen molar-refractivity contribution in [1.29, 1.82) is 0 Å². The van der Waals surface area contributed by atoms with Crippen molar-refractivity contribution >= 4 is 0 Å². The van der Waals surface area contributed by atoms with Crippen LogP contribution in [-0.2, 0) is 12.4 Å². The molecule has 0 aliphatic carbocycles. The molecule has 1 radical (unpaired) electrons. The van der Waals surface area contributed by atoms with E-state index in [4.69, 9.17) is 0 Å². The topological polar surface area (TPSA) is 25.8 Å². The molecule has 77 valence electrons. The van der Waals surface area contributed by atoms with Crippen LogP contribution in [0.25, 0.3) is 0 Å². The van der Waals surface area contributed by atoms with E-state index in [0.717, 1.165) is 0 Å². The van der Waals surface area contributed by atoms with Gasteiger partial charge in [-0.3, -0.25) is 0 Å². The van der Waals surface area contributed by atoms with E-state index in [1.807, 2.05) is 0 Å². The highest BCUT2D eigenvalue weighted by molar-refractivity contribution is 5.21. The Labute approximate surface area is 73.6 Å². The number of alkyl halides is 6. The van der Waals surface area contributed by atoms with Crippen LogP contribution in [0.4, 0.5) is 26.3 Å². The van der Waals surface area contributed by atoms with Crippen LogP contribution in [0.3, 0.4) is 0 Å². The lowest BCUT2D eigenvalue weighted by molar-refractivity contribution is -0.165. The van der Waals surface area contributed by atoms with Crippen molar-refractivity contribution in [2.45, 2.75) is 12.4 Å². The van der Waals surface area contributed by atoms with E-state index in [0.29, 0.717) is 0 Å². The summed E-state index contributed by atoms with van der Waals surface area (Å²) in [5.41, 5.74) is -3.94. The molecule has 0 aliphatic rings. The Morgan fingerprint density at radius 2 is 1.57 bits per heavy atom. The second kappa shape index (κ2) is 3.10. The number of nitrogens with zero attached hydrogens (tertiary/aromatic N) is 2. The van der Waals surface area contributed by atoms with Crippen molar-refractivity contribution in [2.75, 3.05) is 0 Å². The summed E-state index contributed by atoms with van der Waals surface area (Å²) in [7, 11) is 0. The summed E-state index contributed by atoms with van der Waals surface area (Å²) in [6, 6.07) is 0. The van der Waals surface area contributed by atoms with Gasteiger partial charge in [-0.1, -0.05) is 0 Å². The van der Waals surface area contributed by atoms with E-state index in [2.05, 4.69) is 9.97 Å². The molecule has 0 atom stereocenters. The van der Waals surface area contributed by atoms with Gasteiger partial charge in [-0.05, 0) is 0 Å². The fourth-order valence-corrected chi connectivity index (χ4v) is 0.717. The van der Waals surface area contributed by atoms with Gasteiger partial charge >= 0.3 is 12.4 Å². The molecule has 0 unspecified atom stereocenters. The second-order valence-corrected chi connectivity index (χ2v) is 2.23. The Kier molecular flexibility index (Phi) is 2.38. The fraction of sp³-hybridized carbons (Fsp3) is 0.333. The first-order valence-corrected chi connectivity index (χ1v) is 3.10. The highest BCUT2D eigenvalue weighted by atomic mass is 19.4. The first kappa shape index (κ1) is 10.7. The smallest absolute Gasteiger partial charge is 0.233 e. The summed E-state index contributed by atoms with van der Waals surface area (Å²) < 4.78 is 71.9. The van der Waals surface area contributed by atoms with E-state index < -0.39 is 23.6 Å². The van der Waals surface area contributed by atoms with Crippen molar-refractivity contribution in [1.82, 2.24) is 9.97 Å². The van der Waals surface area contributed by atoms with Crippen LogP contribution >= 0.6 is 0 Å². The van der Waals surface area contributed by atoms with Crippen molar-refractivity contribution in [3.8, 4) is 0 Å². The lowest BCUT2D eigenvalue weighted by atomic mass is 10.2. The van der Waals surface area contributed by atoms with E-state index in [1.54, 1.807) is 0 Å². The van der Waals surface area contributed by atoms with E-state index in [-0.39, 0.29) is 6.20 Å². The van der Waals surface area contributed by atoms with Crippen LogP contribution in [0, 0.1) is 6.33 Å². The predicted octanol–water partition coefficient (Wildman–Crippen LogP) is 2.31.